The molecule has 0 bridgehead atoms. The van der Waals surface area contributed by atoms with Crippen LogP contribution in [0.5, 0.6) is 0 Å². The molecule has 7 nitrogen and oxygen atoms in total. The fraction of sp³-hybridized carbons (Fsp3) is 0.556. The zero-order chi connectivity index (χ0) is 18.1. The standard InChI is InChI=1S/C18H23N3O4/c1-11-6-7-13(21(24)25)10-15(11)19-17(22)16-5-3-4-8-20(16)18(23)14-9-12(14)2/h6-7,10,12,14,16H,3-5,8-9H2,1-2H3,(H,19,22). The number of nitrogens with zero attached hydrogens (tertiary/aromatic N) is 2. The van der Waals surface area contributed by atoms with E-state index >= 15 is 0 Å². The molecule has 1 aliphatic heterocycles. The number of carbonyl (C=O) groups is 2. The minimum atomic E-state index is -0.493. The molecule has 1 aromatic carbocycles. The lowest BCUT2D eigenvalue weighted by molar-refractivity contribution is -0.384. The maximum atomic E-state index is 12.8. The van der Waals surface area contributed by atoms with Crippen molar-refractivity contribution in [2.24, 2.45) is 11.8 Å². The van der Waals surface area contributed by atoms with Crippen LogP contribution in [0.1, 0.15) is 38.2 Å². The summed E-state index contributed by atoms with van der Waals surface area (Å²) in [5, 5.41) is 13.7. The van der Waals surface area contributed by atoms with Crippen LogP contribution in [-0.4, -0.2) is 34.2 Å². The third kappa shape index (κ3) is 3.65. The molecule has 2 aliphatic rings. The molecule has 0 radical (unpaired) electrons. The minimum absolute atomic E-state index is 0.0490. The normalized spacial score (nSPS) is 25.4. The third-order valence-corrected chi connectivity index (χ3v) is 5.21. The minimum Gasteiger partial charge on any atom is -0.330 e. The summed E-state index contributed by atoms with van der Waals surface area (Å²) in [5.41, 5.74) is 1.12. The molecule has 1 heterocycles. The number of hydrogen-bond donors (Lipinski definition) is 1. The van der Waals surface area contributed by atoms with Crippen molar-refractivity contribution >= 4 is 23.2 Å². The summed E-state index contributed by atoms with van der Waals surface area (Å²) < 4.78 is 0. The molecular weight excluding hydrogens is 322 g/mol. The van der Waals surface area contributed by atoms with Crippen LogP contribution in [-0.2, 0) is 9.59 Å². The SMILES string of the molecule is Cc1ccc([N+](=O)[O-])cc1NC(=O)C1CCCCN1C(=O)C1CC1C. The van der Waals surface area contributed by atoms with Crippen molar-refractivity contribution in [1.29, 1.82) is 0 Å². The lowest BCUT2D eigenvalue weighted by Crippen LogP contribution is -2.50. The Balaban J connectivity index is 1.76. The summed E-state index contributed by atoms with van der Waals surface area (Å²) in [6.07, 6.45) is 3.34. The number of anilines is 1. The highest BCUT2D eigenvalue weighted by atomic mass is 16.6. The number of non-ortho nitro benzene ring substituents is 1. The van der Waals surface area contributed by atoms with Crippen LogP contribution in [0.4, 0.5) is 11.4 Å². The van der Waals surface area contributed by atoms with Crippen molar-refractivity contribution in [3.8, 4) is 0 Å². The number of carbonyl (C=O) groups excluding carboxylic acids is 2. The summed E-state index contributed by atoms with van der Waals surface area (Å²) in [5.74, 6) is 0.262. The van der Waals surface area contributed by atoms with Gasteiger partial charge in [0.1, 0.15) is 6.04 Å². The first-order chi connectivity index (χ1) is 11.9. The number of rotatable bonds is 4. The second-order valence-electron chi connectivity index (χ2n) is 7.11. The highest BCUT2D eigenvalue weighted by molar-refractivity contribution is 5.98. The predicted molar refractivity (Wildman–Crippen MR) is 93.1 cm³/mol. The van der Waals surface area contributed by atoms with E-state index in [1.54, 1.807) is 17.9 Å². The third-order valence-electron chi connectivity index (χ3n) is 5.21. The van der Waals surface area contributed by atoms with Crippen molar-refractivity contribution in [3.63, 3.8) is 0 Å². The maximum absolute atomic E-state index is 12.8. The Labute approximate surface area is 146 Å². The lowest BCUT2D eigenvalue weighted by atomic mass is 10.00. The monoisotopic (exact) mass is 345 g/mol. The number of amides is 2. The van der Waals surface area contributed by atoms with Crippen molar-refractivity contribution in [2.75, 3.05) is 11.9 Å². The Bertz CT molecular complexity index is 718. The molecule has 1 aliphatic carbocycles. The fourth-order valence-electron chi connectivity index (χ4n) is 3.42. The molecule has 1 aromatic rings. The molecular formula is C18H23N3O4. The Kier molecular flexibility index (Phi) is 4.74. The number of likely N-dealkylation sites (tertiary alicyclic amines) is 1. The average Bonchev–Trinajstić information content (AvgIpc) is 3.32. The van der Waals surface area contributed by atoms with E-state index in [0.717, 1.165) is 24.8 Å². The maximum Gasteiger partial charge on any atom is 0.271 e. The Hall–Kier alpha value is -2.44. The van der Waals surface area contributed by atoms with E-state index < -0.39 is 11.0 Å². The van der Waals surface area contributed by atoms with Crippen molar-refractivity contribution < 1.29 is 14.5 Å². The van der Waals surface area contributed by atoms with E-state index in [4.69, 9.17) is 0 Å². The van der Waals surface area contributed by atoms with Gasteiger partial charge in [-0.1, -0.05) is 13.0 Å². The first kappa shape index (κ1) is 17.4. The first-order valence-electron chi connectivity index (χ1n) is 8.75. The number of aryl methyl sites for hydroxylation is 1. The van der Waals surface area contributed by atoms with Crippen LogP contribution < -0.4 is 5.32 Å². The van der Waals surface area contributed by atoms with Gasteiger partial charge in [0.15, 0.2) is 0 Å². The zero-order valence-electron chi connectivity index (χ0n) is 14.5. The van der Waals surface area contributed by atoms with Gasteiger partial charge in [-0.05, 0) is 44.1 Å². The van der Waals surface area contributed by atoms with Gasteiger partial charge in [0.25, 0.3) is 5.69 Å². The average molecular weight is 345 g/mol. The number of piperidine rings is 1. The Morgan fingerprint density at radius 3 is 2.68 bits per heavy atom. The van der Waals surface area contributed by atoms with Crippen LogP contribution in [0, 0.1) is 28.9 Å². The van der Waals surface area contributed by atoms with E-state index in [-0.39, 0.29) is 23.4 Å². The van der Waals surface area contributed by atoms with Crippen LogP contribution in [0.15, 0.2) is 18.2 Å². The summed E-state index contributed by atoms with van der Waals surface area (Å²) in [4.78, 5) is 37.5. The topological polar surface area (TPSA) is 92.6 Å². The number of benzene rings is 1. The van der Waals surface area contributed by atoms with Crippen molar-refractivity contribution in [1.82, 2.24) is 4.90 Å². The Morgan fingerprint density at radius 1 is 1.32 bits per heavy atom. The highest BCUT2D eigenvalue weighted by Crippen LogP contribution is 2.40. The molecule has 134 valence electrons. The van der Waals surface area contributed by atoms with Gasteiger partial charge >= 0.3 is 0 Å². The predicted octanol–water partition coefficient (Wildman–Crippen LogP) is 2.88. The van der Waals surface area contributed by atoms with Gasteiger partial charge in [-0.25, -0.2) is 0 Å². The summed E-state index contributed by atoms with van der Waals surface area (Å²) >= 11 is 0. The quantitative estimate of drug-likeness (QED) is 0.671. The van der Waals surface area contributed by atoms with Crippen molar-refractivity contribution in [2.45, 2.75) is 45.6 Å². The molecule has 2 fully saturated rings. The molecule has 2 amide bonds. The molecule has 1 N–H and O–H groups in total. The van der Waals surface area contributed by atoms with Gasteiger partial charge in [-0.15, -0.1) is 0 Å². The molecule has 0 aromatic heterocycles. The molecule has 3 unspecified atom stereocenters. The van der Waals surface area contributed by atoms with Crippen LogP contribution in [0.2, 0.25) is 0 Å². The van der Waals surface area contributed by atoms with Gasteiger partial charge in [0.2, 0.25) is 11.8 Å². The lowest BCUT2D eigenvalue weighted by Gasteiger charge is -2.35. The summed E-state index contributed by atoms with van der Waals surface area (Å²) in [6, 6.07) is 3.90. The van der Waals surface area contributed by atoms with E-state index in [2.05, 4.69) is 5.32 Å². The van der Waals surface area contributed by atoms with Crippen LogP contribution >= 0.6 is 0 Å². The molecule has 0 spiro atoms. The molecule has 1 saturated heterocycles. The van der Waals surface area contributed by atoms with E-state index in [1.807, 2.05) is 6.92 Å². The molecule has 3 atom stereocenters. The highest BCUT2D eigenvalue weighted by Gasteiger charge is 2.44. The number of nitro benzene ring substituents is 1. The van der Waals surface area contributed by atoms with Crippen LogP contribution in [0.3, 0.4) is 0 Å². The molecule has 25 heavy (non-hydrogen) atoms. The van der Waals surface area contributed by atoms with Crippen molar-refractivity contribution in [3.05, 3.63) is 33.9 Å². The van der Waals surface area contributed by atoms with E-state index in [9.17, 15) is 19.7 Å². The van der Waals surface area contributed by atoms with Gasteiger partial charge in [0, 0.05) is 24.6 Å². The summed E-state index contributed by atoms with van der Waals surface area (Å²) in [7, 11) is 0. The van der Waals surface area contributed by atoms with Gasteiger partial charge in [0.05, 0.1) is 10.6 Å². The van der Waals surface area contributed by atoms with E-state index in [0.29, 0.717) is 24.6 Å². The number of nitrogens with one attached hydrogen (secondary N) is 1. The largest absolute Gasteiger partial charge is 0.330 e. The molecule has 1 saturated carbocycles. The second-order valence-corrected chi connectivity index (χ2v) is 7.11. The van der Waals surface area contributed by atoms with Crippen LogP contribution in [0.25, 0.3) is 0 Å². The second kappa shape index (κ2) is 6.82. The Morgan fingerprint density at radius 2 is 2.04 bits per heavy atom. The number of hydrogen-bond acceptors (Lipinski definition) is 4. The summed E-state index contributed by atoms with van der Waals surface area (Å²) in [6.45, 7) is 4.44. The smallest absolute Gasteiger partial charge is 0.271 e. The molecule has 7 heteroatoms. The van der Waals surface area contributed by atoms with Gasteiger partial charge in [-0.3, -0.25) is 19.7 Å². The van der Waals surface area contributed by atoms with E-state index in [1.165, 1.54) is 12.1 Å². The molecule has 3 rings (SSSR count). The fourth-order valence-corrected chi connectivity index (χ4v) is 3.42. The zero-order valence-corrected chi connectivity index (χ0v) is 14.5. The first-order valence-corrected chi connectivity index (χ1v) is 8.75. The number of nitro groups is 1. The van der Waals surface area contributed by atoms with Gasteiger partial charge < -0.3 is 10.2 Å². The van der Waals surface area contributed by atoms with Gasteiger partial charge in [-0.2, -0.15) is 0 Å².